The van der Waals surface area contributed by atoms with Crippen LogP contribution in [-0.4, -0.2) is 24.4 Å². The van der Waals surface area contributed by atoms with E-state index in [2.05, 4.69) is 13.8 Å². The summed E-state index contributed by atoms with van der Waals surface area (Å²) in [6.07, 6.45) is 25.3. The highest BCUT2D eigenvalue weighted by Gasteiger charge is 2.20. The van der Waals surface area contributed by atoms with Gasteiger partial charge in [-0.1, -0.05) is 129 Å². The predicted molar refractivity (Wildman–Crippen MR) is 153 cm³/mol. The highest BCUT2D eigenvalue weighted by Crippen LogP contribution is 2.34. The van der Waals surface area contributed by atoms with Crippen LogP contribution in [0.4, 0.5) is 5.69 Å². The number of hydrogen-bond donors (Lipinski definition) is 0. The third kappa shape index (κ3) is 16.4. The zero-order chi connectivity index (χ0) is 27.0. The second-order valence-electron chi connectivity index (χ2n) is 10.3. The molecule has 0 aliphatic carbocycles. The molecule has 0 heterocycles. The molecule has 1 rings (SSSR count). The molecule has 0 aliphatic rings. The summed E-state index contributed by atoms with van der Waals surface area (Å²) in [5, 5.41) is 11.4. The molecule has 0 saturated carbocycles. The molecule has 0 N–H and O–H groups in total. The monoisotopic (exact) mass is 519 g/mol. The van der Waals surface area contributed by atoms with Crippen LogP contribution in [0.3, 0.4) is 0 Å². The lowest BCUT2D eigenvalue weighted by atomic mass is 10.1. The Morgan fingerprint density at radius 3 is 1.32 bits per heavy atom. The van der Waals surface area contributed by atoms with Gasteiger partial charge in [0.1, 0.15) is 0 Å². The summed E-state index contributed by atoms with van der Waals surface area (Å²) in [5.41, 5.74) is -0.214. The number of nitro benzene ring substituents is 1. The maximum Gasteiger partial charge on any atom is 0.283 e. The van der Waals surface area contributed by atoms with Gasteiger partial charge in [0.2, 0.25) is 0 Å². The molecule has 6 nitrogen and oxygen atoms in total. The number of benzene rings is 1. The summed E-state index contributed by atoms with van der Waals surface area (Å²) in [7, 11) is 0. The van der Waals surface area contributed by atoms with Crippen LogP contribution in [0.25, 0.3) is 0 Å². The van der Waals surface area contributed by atoms with Crippen molar-refractivity contribution in [3.8, 4) is 11.5 Å². The Morgan fingerprint density at radius 2 is 0.973 bits per heavy atom. The average molecular weight is 520 g/mol. The number of rotatable bonds is 26. The van der Waals surface area contributed by atoms with E-state index < -0.39 is 4.92 Å². The first-order chi connectivity index (χ1) is 18.1. The number of ether oxygens (including phenoxy) is 2. The molecule has 0 atom stereocenters. The molecule has 6 heteroatoms. The molecule has 0 spiro atoms. The first kappa shape index (κ1) is 32.9. The molecule has 0 radical (unpaired) electrons. The third-order valence-electron chi connectivity index (χ3n) is 6.93. The molecule has 0 unspecified atom stereocenters. The van der Waals surface area contributed by atoms with E-state index in [9.17, 15) is 14.9 Å². The highest BCUT2D eigenvalue weighted by atomic mass is 16.6. The molecule has 0 aromatic heterocycles. The summed E-state index contributed by atoms with van der Waals surface area (Å²) in [4.78, 5) is 22.3. The van der Waals surface area contributed by atoms with Gasteiger partial charge in [-0.2, -0.15) is 0 Å². The van der Waals surface area contributed by atoms with Crippen LogP contribution < -0.4 is 9.47 Å². The maximum atomic E-state index is 11.4. The van der Waals surface area contributed by atoms with Gasteiger partial charge in [-0.15, -0.1) is 0 Å². The largest absolute Gasteiger partial charge is 0.490 e. The second-order valence-corrected chi connectivity index (χ2v) is 10.3. The molecular formula is C31H53NO5. The Balaban J connectivity index is 2.38. The van der Waals surface area contributed by atoms with E-state index in [0.29, 0.717) is 31.0 Å². The van der Waals surface area contributed by atoms with Gasteiger partial charge in [-0.05, 0) is 12.8 Å². The summed E-state index contributed by atoms with van der Waals surface area (Å²) in [6, 6.07) is 2.79. The molecular weight excluding hydrogens is 466 g/mol. The Morgan fingerprint density at radius 1 is 0.622 bits per heavy atom. The van der Waals surface area contributed by atoms with Crippen molar-refractivity contribution < 1.29 is 19.2 Å². The van der Waals surface area contributed by atoms with Gasteiger partial charge < -0.3 is 9.47 Å². The Labute approximate surface area is 226 Å². The van der Waals surface area contributed by atoms with E-state index in [-0.39, 0.29) is 11.3 Å². The van der Waals surface area contributed by atoms with Crippen LogP contribution in [0.5, 0.6) is 11.5 Å². The smallest absolute Gasteiger partial charge is 0.283 e. The number of aldehydes is 1. The van der Waals surface area contributed by atoms with E-state index in [1.54, 1.807) is 0 Å². The number of unbranched alkanes of at least 4 members (excludes halogenated alkanes) is 18. The predicted octanol–water partition coefficient (Wildman–Crippen LogP) is 10.0. The Hall–Kier alpha value is -2.11. The van der Waals surface area contributed by atoms with Crippen LogP contribution in [0, 0.1) is 10.1 Å². The van der Waals surface area contributed by atoms with Crippen molar-refractivity contribution in [2.24, 2.45) is 0 Å². The van der Waals surface area contributed by atoms with E-state index in [0.717, 1.165) is 25.7 Å². The Bertz CT molecular complexity index is 722. The molecule has 0 fully saturated rings. The minimum absolute atomic E-state index is 0.0226. The van der Waals surface area contributed by atoms with Crippen LogP contribution in [0.1, 0.15) is 153 Å². The maximum absolute atomic E-state index is 11.4. The van der Waals surface area contributed by atoms with Crippen molar-refractivity contribution >= 4 is 12.0 Å². The fraction of sp³-hybridized carbons (Fsp3) is 0.774. The SMILES string of the molecule is CCCCCCCCCCCCOc1cc(C=O)c([N+](=O)[O-])cc1OCCCCCCCCCCCC. The number of hydrogen-bond acceptors (Lipinski definition) is 5. The Kier molecular flexibility index (Phi) is 20.5. The van der Waals surface area contributed by atoms with Crippen LogP contribution in [0.2, 0.25) is 0 Å². The molecule has 212 valence electrons. The first-order valence-electron chi connectivity index (χ1n) is 15.2. The molecule has 0 aliphatic heterocycles. The molecule has 1 aromatic rings. The third-order valence-corrected chi connectivity index (χ3v) is 6.93. The van der Waals surface area contributed by atoms with Gasteiger partial charge in [0.25, 0.3) is 5.69 Å². The van der Waals surface area contributed by atoms with Gasteiger partial charge in [-0.25, -0.2) is 0 Å². The first-order valence-corrected chi connectivity index (χ1v) is 15.2. The van der Waals surface area contributed by atoms with Gasteiger partial charge in [-0.3, -0.25) is 14.9 Å². The van der Waals surface area contributed by atoms with Crippen molar-refractivity contribution in [2.45, 2.75) is 142 Å². The normalized spacial score (nSPS) is 11.0. The van der Waals surface area contributed by atoms with Crippen molar-refractivity contribution in [1.82, 2.24) is 0 Å². The van der Waals surface area contributed by atoms with Gasteiger partial charge >= 0.3 is 0 Å². The lowest BCUT2D eigenvalue weighted by Gasteiger charge is -2.14. The van der Waals surface area contributed by atoms with E-state index in [1.165, 1.54) is 115 Å². The molecule has 0 saturated heterocycles. The fourth-order valence-corrected chi connectivity index (χ4v) is 4.59. The van der Waals surface area contributed by atoms with E-state index in [4.69, 9.17) is 9.47 Å². The minimum atomic E-state index is -0.539. The molecule has 0 bridgehead atoms. The van der Waals surface area contributed by atoms with E-state index >= 15 is 0 Å². The topological polar surface area (TPSA) is 78.7 Å². The molecule has 37 heavy (non-hydrogen) atoms. The standard InChI is InChI=1S/C31H53NO5/c1-3-5-7-9-11-13-15-17-19-21-23-36-30-25-28(27-33)29(32(34)35)26-31(30)37-24-22-20-18-16-14-12-10-8-6-4-2/h25-27H,3-24H2,1-2H3. The quantitative estimate of drug-likeness (QED) is 0.0526. The average Bonchev–Trinajstić information content (AvgIpc) is 2.90. The number of nitro groups is 1. The van der Waals surface area contributed by atoms with Gasteiger partial charge in [0.15, 0.2) is 17.8 Å². The number of carbonyl (C=O) groups excluding carboxylic acids is 1. The summed E-state index contributed by atoms with van der Waals surface area (Å²) >= 11 is 0. The van der Waals surface area contributed by atoms with Crippen LogP contribution in [-0.2, 0) is 0 Å². The van der Waals surface area contributed by atoms with E-state index in [1.807, 2.05) is 0 Å². The fourth-order valence-electron chi connectivity index (χ4n) is 4.59. The minimum Gasteiger partial charge on any atom is -0.490 e. The summed E-state index contributed by atoms with van der Waals surface area (Å²) in [6.45, 7) is 5.49. The van der Waals surface area contributed by atoms with Crippen LogP contribution in [0.15, 0.2) is 12.1 Å². The number of nitrogens with zero attached hydrogens (tertiary/aromatic N) is 1. The highest BCUT2D eigenvalue weighted by molar-refractivity contribution is 5.83. The van der Waals surface area contributed by atoms with Gasteiger partial charge in [0, 0.05) is 6.07 Å². The molecule has 1 aromatic carbocycles. The van der Waals surface area contributed by atoms with Crippen molar-refractivity contribution in [1.29, 1.82) is 0 Å². The van der Waals surface area contributed by atoms with Crippen molar-refractivity contribution in [2.75, 3.05) is 13.2 Å². The van der Waals surface area contributed by atoms with Crippen molar-refractivity contribution in [3.63, 3.8) is 0 Å². The lowest BCUT2D eigenvalue weighted by molar-refractivity contribution is -0.385. The summed E-state index contributed by atoms with van der Waals surface area (Å²) in [5.74, 6) is 0.788. The van der Waals surface area contributed by atoms with Gasteiger partial charge in [0.05, 0.1) is 29.8 Å². The lowest BCUT2D eigenvalue weighted by Crippen LogP contribution is -2.05. The second kappa shape index (κ2) is 23.0. The zero-order valence-corrected chi connectivity index (χ0v) is 23.8. The zero-order valence-electron chi connectivity index (χ0n) is 23.8. The van der Waals surface area contributed by atoms with Crippen LogP contribution >= 0.6 is 0 Å². The molecule has 0 amide bonds. The summed E-state index contributed by atoms with van der Waals surface area (Å²) < 4.78 is 11.8. The van der Waals surface area contributed by atoms with Crippen molar-refractivity contribution in [3.05, 3.63) is 27.8 Å². The number of carbonyl (C=O) groups is 1.